The van der Waals surface area contributed by atoms with Crippen LogP contribution in [0.15, 0.2) is 23.4 Å². The minimum Gasteiger partial charge on any atom is -0.302 e. The van der Waals surface area contributed by atoms with Crippen molar-refractivity contribution in [3.8, 4) is 0 Å². The number of nitrogens with zero attached hydrogens (tertiary/aromatic N) is 2. The Morgan fingerprint density at radius 2 is 2.23 bits per heavy atom. The maximum atomic E-state index is 4.14. The van der Waals surface area contributed by atoms with Gasteiger partial charge in [-0.25, -0.2) is 4.98 Å². The largest absolute Gasteiger partial charge is 0.302 e. The molecule has 1 aromatic rings. The molecule has 3 heteroatoms. The Kier molecular flexibility index (Phi) is 4.25. The first kappa shape index (κ1) is 10.5. The fourth-order valence-electron chi connectivity index (χ4n) is 1.28. The molecule has 0 saturated carbocycles. The highest BCUT2D eigenvalue weighted by Crippen LogP contribution is 2.05. The number of pyridine rings is 1. The molecule has 0 fully saturated rings. The Labute approximate surface area is 85.4 Å². The molecule has 0 aliphatic carbocycles. The van der Waals surface area contributed by atoms with Gasteiger partial charge in [-0.2, -0.15) is 0 Å². The zero-order valence-electron chi connectivity index (χ0n) is 8.20. The van der Waals surface area contributed by atoms with Crippen LogP contribution in [0.25, 0.3) is 0 Å². The third kappa shape index (κ3) is 3.79. The molecule has 0 bridgehead atoms. The van der Waals surface area contributed by atoms with E-state index in [4.69, 9.17) is 0 Å². The molecule has 0 spiro atoms. The Hall–Kier alpha value is -0.540. The van der Waals surface area contributed by atoms with Crippen LogP contribution in [0.4, 0.5) is 0 Å². The van der Waals surface area contributed by atoms with Crippen molar-refractivity contribution in [3.05, 3.63) is 23.9 Å². The van der Waals surface area contributed by atoms with Gasteiger partial charge in [-0.3, -0.25) is 0 Å². The maximum absolute atomic E-state index is 4.14. The van der Waals surface area contributed by atoms with Crippen molar-refractivity contribution in [1.82, 2.24) is 9.88 Å². The molecule has 72 valence electrons. The second-order valence-electron chi connectivity index (χ2n) is 3.26. The van der Waals surface area contributed by atoms with Crippen LogP contribution >= 0.6 is 12.6 Å². The van der Waals surface area contributed by atoms with Gasteiger partial charge in [0.15, 0.2) is 0 Å². The average Bonchev–Trinajstić information content (AvgIpc) is 2.09. The fraction of sp³-hybridized carbons (Fsp3) is 0.500. The van der Waals surface area contributed by atoms with E-state index >= 15 is 0 Å². The van der Waals surface area contributed by atoms with Crippen molar-refractivity contribution in [2.45, 2.75) is 24.9 Å². The topological polar surface area (TPSA) is 16.1 Å². The van der Waals surface area contributed by atoms with Crippen molar-refractivity contribution < 1.29 is 0 Å². The standard InChI is InChI=1S/C10H16N2S/c1-3-6-12(2)8-9-4-5-10(13)11-7-9/h4-5,7H,3,6,8H2,1-2H3,(H,11,13). The van der Waals surface area contributed by atoms with Crippen molar-refractivity contribution in [1.29, 1.82) is 0 Å². The summed E-state index contributed by atoms with van der Waals surface area (Å²) in [6.07, 6.45) is 3.07. The van der Waals surface area contributed by atoms with Crippen LogP contribution < -0.4 is 0 Å². The first-order valence-corrected chi connectivity index (χ1v) is 4.99. The van der Waals surface area contributed by atoms with Crippen LogP contribution in [-0.2, 0) is 6.54 Å². The number of hydrogen-bond acceptors (Lipinski definition) is 3. The SMILES string of the molecule is CCCN(C)Cc1ccc(S)nc1. The summed E-state index contributed by atoms with van der Waals surface area (Å²) in [4.78, 5) is 6.42. The van der Waals surface area contributed by atoms with Crippen molar-refractivity contribution in [2.75, 3.05) is 13.6 Å². The van der Waals surface area contributed by atoms with E-state index in [0.717, 1.165) is 18.1 Å². The second-order valence-corrected chi connectivity index (χ2v) is 3.72. The molecule has 0 atom stereocenters. The molecule has 0 amide bonds. The van der Waals surface area contributed by atoms with Crippen molar-refractivity contribution in [2.24, 2.45) is 0 Å². The summed E-state index contributed by atoms with van der Waals surface area (Å²) in [6.45, 7) is 4.28. The van der Waals surface area contributed by atoms with Gasteiger partial charge in [0.1, 0.15) is 0 Å². The van der Waals surface area contributed by atoms with E-state index in [2.05, 4.69) is 42.6 Å². The summed E-state index contributed by atoms with van der Waals surface area (Å²) in [5.41, 5.74) is 1.24. The van der Waals surface area contributed by atoms with Gasteiger partial charge in [-0.1, -0.05) is 13.0 Å². The van der Waals surface area contributed by atoms with Gasteiger partial charge in [0, 0.05) is 12.7 Å². The van der Waals surface area contributed by atoms with Gasteiger partial charge < -0.3 is 4.90 Å². The maximum Gasteiger partial charge on any atom is 0.0929 e. The van der Waals surface area contributed by atoms with Gasteiger partial charge >= 0.3 is 0 Å². The average molecular weight is 196 g/mol. The smallest absolute Gasteiger partial charge is 0.0929 e. The minimum atomic E-state index is 0.780. The molecule has 0 aliphatic heterocycles. The first-order chi connectivity index (χ1) is 6.22. The molecule has 0 N–H and O–H groups in total. The zero-order valence-corrected chi connectivity index (χ0v) is 9.09. The number of rotatable bonds is 4. The van der Waals surface area contributed by atoms with E-state index in [9.17, 15) is 0 Å². The van der Waals surface area contributed by atoms with Crippen molar-refractivity contribution in [3.63, 3.8) is 0 Å². The lowest BCUT2D eigenvalue weighted by Crippen LogP contribution is -2.18. The van der Waals surface area contributed by atoms with Crippen molar-refractivity contribution >= 4 is 12.6 Å². The van der Waals surface area contributed by atoms with Crippen LogP contribution in [0.3, 0.4) is 0 Å². The lowest BCUT2D eigenvalue weighted by molar-refractivity contribution is 0.327. The molecule has 2 nitrogen and oxygen atoms in total. The van der Waals surface area contributed by atoms with E-state index in [-0.39, 0.29) is 0 Å². The first-order valence-electron chi connectivity index (χ1n) is 4.55. The van der Waals surface area contributed by atoms with Crippen LogP contribution in [-0.4, -0.2) is 23.5 Å². The normalized spacial score (nSPS) is 10.8. The Morgan fingerprint density at radius 1 is 1.46 bits per heavy atom. The summed E-state index contributed by atoms with van der Waals surface area (Å²) in [6, 6.07) is 4.00. The third-order valence-electron chi connectivity index (χ3n) is 1.87. The molecule has 0 unspecified atom stereocenters. The van der Waals surface area contributed by atoms with Gasteiger partial charge in [0.05, 0.1) is 5.03 Å². The van der Waals surface area contributed by atoms with Gasteiger partial charge in [0.2, 0.25) is 0 Å². The number of hydrogen-bond donors (Lipinski definition) is 1. The minimum absolute atomic E-state index is 0.780. The molecule has 0 saturated heterocycles. The van der Waals surface area contributed by atoms with E-state index < -0.39 is 0 Å². The van der Waals surface area contributed by atoms with Crippen LogP contribution in [0.2, 0.25) is 0 Å². The molecule has 13 heavy (non-hydrogen) atoms. The van der Waals surface area contributed by atoms with Crippen LogP contribution in [0.1, 0.15) is 18.9 Å². The van der Waals surface area contributed by atoms with E-state index in [1.54, 1.807) is 0 Å². The zero-order chi connectivity index (χ0) is 9.68. The predicted octanol–water partition coefficient (Wildman–Crippen LogP) is 2.21. The van der Waals surface area contributed by atoms with Gasteiger partial charge in [-0.05, 0) is 31.6 Å². The summed E-state index contributed by atoms with van der Waals surface area (Å²) in [5, 5.41) is 0.780. The highest BCUT2D eigenvalue weighted by atomic mass is 32.1. The summed E-state index contributed by atoms with van der Waals surface area (Å²) < 4.78 is 0. The molecule has 0 radical (unpaired) electrons. The summed E-state index contributed by atoms with van der Waals surface area (Å²) in [5.74, 6) is 0. The van der Waals surface area contributed by atoms with Gasteiger partial charge in [0.25, 0.3) is 0 Å². The molecular formula is C10H16N2S. The quantitative estimate of drug-likeness (QED) is 0.743. The number of aromatic nitrogens is 1. The molecule has 0 aromatic carbocycles. The third-order valence-corrected chi connectivity index (χ3v) is 2.13. The van der Waals surface area contributed by atoms with Crippen LogP contribution in [0.5, 0.6) is 0 Å². The predicted molar refractivity (Wildman–Crippen MR) is 58.1 cm³/mol. The molecule has 1 rings (SSSR count). The van der Waals surface area contributed by atoms with E-state index in [0.29, 0.717) is 0 Å². The fourth-order valence-corrected chi connectivity index (χ4v) is 1.41. The van der Waals surface area contributed by atoms with Gasteiger partial charge in [-0.15, -0.1) is 12.6 Å². The second kappa shape index (κ2) is 5.25. The monoisotopic (exact) mass is 196 g/mol. The van der Waals surface area contributed by atoms with Crippen LogP contribution in [0, 0.1) is 0 Å². The number of thiol groups is 1. The molecular weight excluding hydrogens is 180 g/mol. The highest BCUT2D eigenvalue weighted by Gasteiger charge is 1.98. The Bertz CT molecular complexity index is 246. The Morgan fingerprint density at radius 3 is 2.77 bits per heavy atom. The van der Waals surface area contributed by atoms with E-state index in [1.165, 1.54) is 12.0 Å². The molecule has 1 aromatic heterocycles. The Balaban J connectivity index is 2.49. The highest BCUT2D eigenvalue weighted by molar-refractivity contribution is 7.80. The van der Waals surface area contributed by atoms with E-state index in [1.807, 2.05) is 12.3 Å². The lowest BCUT2D eigenvalue weighted by Gasteiger charge is -2.14. The summed E-state index contributed by atoms with van der Waals surface area (Å²) in [7, 11) is 2.12. The lowest BCUT2D eigenvalue weighted by atomic mass is 10.2. The summed E-state index contributed by atoms with van der Waals surface area (Å²) >= 11 is 4.14. The molecule has 0 aliphatic rings. The molecule has 1 heterocycles.